The number of hydrogen-bond acceptors (Lipinski definition) is 7. The van der Waals surface area contributed by atoms with Crippen LogP contribution < -0.4 is 22.1 Å². The summed E-state index contributed by atoms with van der Waals surface area (Å²) in [6.07, 6.45) is 1.12. The zero-order valence-electron chi connectivity index (χ0n) is 21.1. The Morgan fingerprint density at radius 3 is 2.41 bits per heavy atom. The molecule has 14 heteroatoms. The van der Waals surface area contributed by atoms with Crippen molar-refractivity contribution in [3.63, 3.8) is 0 Å². The van der Waals surface area contributed by atoms with Crippen LogP contribution in [0.4, 0.5) is 0 Å². The number of fused-ring (bicyclic) bond motifs is 1. The molecule has 1 saturated heterocycles. The minimum absolute atomic E-state index is 0.0997. The number of carbonyl (C=O) groups is 6. The Bertz CT molecular complexity index is 1260. The lowest BCUT2D eigenvalue weighted by molar-refractivity contribution is -0.150. The monoisotopic (exact) mass is 544 g/mol. The third-order valence-electron chi connectivity index (χ3n) is 6.58. The van der Waals surface area contributed by atoms with Gasteiger partial charge < -0.3 is 42.2 Å². The second-order valence-corrected chi connectivity index (χ2v) is 9.42. The van der Waals surface area contributed by atoms with Gasteiger partial charge in [-0.15, -0.1) is 0 Å². The number of nitrogens with zero attached hydrogens (tertiary/aromatic N) is 1. The molecule has 4 unspecified atom stereocenters. The van der Waals surface area contributed by atoms with E-state index in [-0.39, 0.29) is 32.2 Å². The summed E-state index contributed by atoms with van der Waals surface area (Å²) in [6, 6.07) is 2.20. The van der Waals surface area contributed by atoms with E-state index in [9.17, 15) is 39.0 Å². The Balaban J connectivity index is 1.72. The topological polar surface area (TPSA) is 238 Å². The van der Waals surface area contributed by atoms with Crippen molar-refractivity contribution >= 4 is 46.5 Å². The van der Waals surface area contributed by atoms with Crippen LogP contribution >= 0.6 is 0 Å². The number of aromatic nitrogens is 1. The zero-order chi connectivity index (χ0) is 28.7. The van der Waals surface area contributed by atoms with Gasteiger partial charge >= 0.3 is 11.9 Å². The Hall–Kier alpha value is -4.46. The van der Waals surface area contributed by atoms with Crippen molar-refractivity contribution in [2.75, 3.05) is 6.54 Å². The second kappa shape index (κ2) is 12.9. The fraction of sp³-hybridized carbons (Fsp3) is 0.440. The summed E-state index contributed by atoms with van der Waals surface area (Å²) < 4.78 is 0. The molecule has 3 rings (SSSR count). The number of amides is 4. The van der Waals surface area contributed by atoms with Gasteiger partial charge in [-0.2, -0.15) is 0 Å². The molecule has 210 valence electrons. The first-order valence-corrected chi connectivity index (χ1v) is 12.4. The van der Waals surface area contributed by atoms with E-state index in [4.69, 9.17) is 11.5 Å². The van der Waals surface area contributed by atoms with Crippen molar-refractivity contribution in [3.05, 3.63) is 36.0 Å². The number of carboxylic acid groups (broad SMARTS) is 2. The van der Waals surface area contributed by atoms with Crippen LogP contribution in [0.5, 0.6) is 0 Å². The van der Waals surface area contributed by atoms with Gasteiger partial charge in [-0.25, -0.2) is 4.79 Å². The van der Waals surface area contributed by atoms with E-state index in [0.29, 0.717) is 6.42 Å². The van der Waals surface area contributed by atoms with Crippen molar-refractivity contribution in [3.8, 4) is 0 Å². The number of para-hydroxylation sites is 1. The Morgan fingerprint density at radius 1 is 1.05 bits per heavy atom. The maximum absolute atomic E-state index is 13.1. The molecule has 0 aliphatic carbocycles. The van der Waals surface area contributed by atoms with Gasteiger partial charge in [0.05, 0.1) is 12.5 Å². The van der Waals surface area contributed by atoms with E-state index >= 15 is 0 Å². The van der Waals surface area contributed by atoms with Crippen molar-refractivity contribution in [1.29, 1.82) is 0 Å². The summed E-state index contributed by atoms with van der Waals surface area (Å²) in [4.78, 5) is 77.6. The number of primary amides is 1. The van der Waals surface area contributed by atoms with E-state index in [1.807, 2.05) is 24.3 Å². The average molecular weight is 545 g/mol. The molecule has 2 aromatic rings. The predicted molar refractivity (Wildman–Crippen MR) is 137 cm³/mol. The predicted octanol–water partition coefficient (Wildman–Crippen LogP) is -1.18. The van der Waals surface area contributed by atoms with Crippen molar-refractivity contribution < 1.29 is 39.0 Å². The van der Waals surface area contributed by atoms with E-state index < -0.39 is 66.2 Å². The molecule has 14 nitrogen and oxygen atoms in total. The van der Waals surface area contributed by atoms with Crippen LogP contribution in [0.25, 0.3) is 10.9 Å². The first-order valence-electron chi connectivity index (χ1n) is 12.4. The van der Waals surface area contributed by atoms with Gasteiger partial charge in [0.1, 0.15) is 18.1 Å². The average Bonchev–Trinajstić information content (AvgIpc) is 3.53. The molecule has 1 aliphatic rings. The quantitative estimate of drug-likeness (QED) is 0.160. The van der Waals surface area contributed by atoms with E-state index in [2.05, 4.69) is 15.6 Å². The summed E-state index contributed by atoms with van der Waals surface area (Å²) in [7, 11) is 0. The third kappa shape index (κ3) is 7.54. The molecule has 1 aliphatic heterocycles. The molecular formula is C25H32N6O8. The molecule has 0 saturated carbocycles. The molecular weight excluding hydrogens is 512 g/mol. The van der Waals surface area contributed by atoms with Crippen LogP contribution in [0.15, 0.2) is 30.5 Å². The number of nitrogens with one attached hydrogen (secondary N) is 3. The van der Waals surface area contributed by atoms with Crippen LogP contribution in [0.3, 0.4) is 0 Å². The maximum Gasteiger partial charge on any atom is 0.326 e. The van der Waals surface area contributed by atoms with Gasteiger partial charge in [-0.05, 0) is 37.3 Å². The number of benzene rings is 1. The number of H-pyrrole nitrogens is 1. The smallest absolute Gasteiger partial charge is 0.326 e. The lowest BCUT2D eigenvalue weighted by Crippen LogP contribution is -2.57. The number of aliphatic carboxylic acids is 2. The second-order valence-electron chi connectivity index (χ2n) is 9.42. The highest BCUT2D eigenvalue weighted by molar-refractivity contribution is 5.96. The van der Waals surface area contributed by atoms with Gasteiger partial charge in [0.15, 0.2) is 0 Å². The number of carbonyl (C=O) groups excluding carboxylic acids is 4. The van der Waals surface area contributed by atoms with Crippen molar-refractivity contribution in [1.82, 2.24) is 20.5 Å². The standard InChI is InChI=1S/C25H32N6O8/c26-15(10-13-12-28-16-5-2-1-4-14(13)16)22(35)30-18(11-21(33)34)23(36)29-17(7-8-20(27)32)24(37)31-9-3-6-19(31)25(38)39/h1-2,4-5,12,15,17-19,28H,3,6-11,26H2,(H2,27,32)(H,29,36)(H,30,35)(H,33,34)(H,38,39). The van der Waals surface area contributed by atoms with Crippen LogP contribution in [-0.4, -0.2) is 86.4 Å². The van der Waals surface area contributed by atoms with Gasteiger partial charge in [-0.1, -0.05) is 18.2 Å². The molecule has 4 atom stereocenters. The van der Waals surface area contributed by atoms with E-state index in [1.54, 1.807) is 6.20 Å². The molecule has 39 heavy (non-hydrogen) atoms. The van der Waals surface area contributed by atoms with Gasteiger partial charge in [-0.3, -0.25) is 24.0 Å². The number of aromatic amines is 1. The van der Waals surface area contributed by atoms with Gasteiger partial charge in [0.2, 0.25) is 23.6 Å². The molecule has 1 aromatic heterocycles. The third-order valence-corrected chi connectivity index (χ3v) is 6.58. The van der Waals surface area contributed by atoms with E-state index in [0.717, 1.165) is 21.4 Å². The summed E-state index contributed by atoms with van der Waals surface area (Å²) in [5.41, 5.74) is 12.9. The maximum atomic E-state index is 13.1. The normalized spacial score (nSPS) is 17.3. The summed E-state index contributed by atoms with van der Waals surface area (Å²) in [5.74, 6) is -5.89. The van der Waals surface area contributed by atoms with Crippen LogP contribution in [0, 0.1) is 0 Å². The van der Waals surface area contributed by atoms with Crippen molar-refractivity contribution in [2.45, 2.75) is 62.7 Å². The fourth-order valence-electron chi connectivity index (χ4n) is 4.60. The molecule has 1 fully saturated rings. The highest BCUT2D eigenvalue weighted by Gasteiger charge is 2.38. The Kier molecular flexibility index (Phi) is 9.60. The van der Waals surface area contributed by atoms with Gasteiger partial charge in [0.25, 0.3) is 0 Å². The molecule has 0 bridgehead atoms. The molecule has 4 amide bonds. The molecule has 9 N–H and O–H groups in total. The number of hydrogen-bond donors (Lipinski definition) is 7. The lowest BCUT2D eigenvalue weighted by Gasteiger charge is -2.28. The molecule has 1 aromatic carbocycles. The molecule has 0 radical (unpaired) electrons. The highest BCUT2D eigenvalue weighted by Crippen LogP contribution is 2.20. The first kappa shape index (κ1) is 29.1. The number of likely N-dealkylation sites (tertiary alicyclic amines) is 1. The summed E-state index contributed by atoms with van der Waals surface area (Å²) in [6.45, 7) is 0.136. The fourth-order valence-corrected chi connectivity index (χ4v) is 4.60. The zero-order valence-corrected chi connectivity index (χ0v) is 21.1. The minimum Gasteiger partial charge on any atom is -0.481 e. The Morgan fingerprint density at radius 2 is 1.74 bits per heavy atom. The number of carboxylic acids is 2. The van der Waals surface area contributed by atoms with Crippen LogP contribution in [-0.2, 0) is 35.2 Å². The summed E-state index contributed by atoms with van der Waals surface area (Å²) >= 11 is 0. The first-order chi connectivity index (χ1) is 18.5. The number of nitrogens with two attached hydrogens (primary N) is 2. The van der Waals surface area contributed by atoms with Crippen molar-refractivity contribution in [2.24, 2.45) is 11.5 Å². The molecule has 2 heterocycles. The highest BCUT2D eigenvalue weighted by atomic mass is 16.4. The number of rotatable bonds is 13. The van der Waals surface area contributed by atoms with Crippen LogP contribution in [0.2, 0.25) is 0 Å². The van der Waals surface area contributed by atoms with Gasteiger partial charge in [0, 0.05) is 30.1 Å². The van der Waals surface area contributed by atoms with Crippen LogP contribution in [0.1, 0.15) is 37.7 Å². The summed E-state index contributed by atoms with van der Waals surface area (Å²) in [5, 5.41) is 24.3. The minimum atomic E-state index is -1.60. The SMILES string of the molecule is NC(=O)CCC(NC(=O)C(CC(=O)O)NC(=O)C(N)Cc1c[nH]c2ccccc12)C(=O)N1CCCC1C(=O)O. The largest absolute Gasteiger partial charge is 0.481 e. The molecule has 0 spiro atoms. The Labute approximate surface area is 223 Å². The lowest BCUT2D eigenvalue weighted by atomic mass is 10.0. The van der Waals surface area contributed by atoms with E-state index in [1.165, 1.54) is 0 Å².